The van der Waals surface area contributed by atoms with E-state index in [1.165, 1.54) is 32.2 Å². The number of anilines is 1. The lowest BCUT2D eigenvalue weighted by molar-refractivity contribution is -0.946. The SMILES string of the molecule is CCS(=O)(=O)c1ccc(Cl)cc1N(C)C(=O)c1cc(Cl)c(C[N+]2(CNC(=O)O)CCCCC2)c(C(F)(F)F)c1. The van der Waals surface area contributed by atoms with Crippen molar-refractivity contribution in [3.8, 4) is 0 Å². The molecular weight excluding hydrogens is 582 g/mol. The molecule has 0 unspecified atom stereocenters. The zero-order valence-electron chi connectivity index (χ0n) is 21.3. The van der Waals surface area contributed by atoms with Crippen molar-refractivity contribution in [2.75, 3.05) is 37.5 Å². The van der Waals surface area contributed by atoms with Gasteiger partial charge in [-0.3, -0.25) is 10.1 Å². The Labute approximate surface area is 234 Å². The number of quaternary nitrogens is 1. The van der Waals surface area contributed by atoms with Crippen LogP contribution in [0.2, 0.25) is 10.0 Å². The van der Waals surface area contributed by atoms with Crippen LogP contribution < -0.4 is 10.2 Å². The minimum absolute atomic E-state index is 0.0447. The van der Waals surface area contributed by atoms with Gasteiger partial charge in [-0.15, -0.1) is 0 Å². The highest BCUT2D eigenvalue weighted by Gasteiger charge is 2.40. The predicted octanol–water partition coefficient (Wildman–Crippen LogP) is 5.81. The molecule has 2 aromatic rings. The van der Waals surface area contributed by atoms with E-state index in [0.29, 0.717) is 32.0 Å². The Balaban J connectivity index is 2.08. The second kappa shape index (κ2) is 11.9. The minimum Gasteiger partial charge on any atom is -0.465 e. The summed E-state index contributed by atoms with van der Waals surface area (Å²) in [7, 11) is -2.56. The number of rotatable bonds is 8. The maximum Gasteiger partial charge on any atom is 0.416 e. The summed E-state index contributed by atoms with van der Waals surface area (Å²) in [6.07, 6.45) is -3.85. The van der Waals surface area contributed by atoms with Crippen molar-refractivity contribution in [3.05, 3.63) is 57.1 Å². The molecule has 8 nitrogen and oxygen atoms in total. The second-order valence-corrected chi connectivity index (χ2v) is 12.6. The molecule has 0 radical (unpaired) electrons. The molecule has 1 fully saturated rings. The topological polar surface area (TPSA) is 104 Å². The lowest BCUT2D eigenvalue weighted by Gasteiger charge is -2.41. The summed E-state index contributed by atoms with van der Waals surface area (Å²) < 4.78 is 68.2. The number of carbonyl (C=O) groups excluding carboxylic acids is 1. The van der Waals surface area contributed by atoms with Gasteiger partial charge in [0.25, 0.3) is 5.91 Å². The van der Waals surface area contributed by atoms with E-state index in [4.69, 9.17) is 28.3 Å². The number of benzene rings is 2. The van der Waals surface area contributed by atoms with Gasteiger partial charge in [0.1, 0.15) is 6.54 Å². The molecule has 14 heteroatoms. The van der Waals surface area contributed by atoms with E-state index >= 15 is 0 Å². The molecule has 2 aromatic carbocycles. The molecule has 0 aromatic heterocycles. The van der Waals surface area contributed by atoms with Gasteiger partial charge in [0, 0.05) is 23.2 Å². The molecule has 0 atom stereocenters. The van der Waals surface area contributed by atoms with Gasteiger partial charge in [-0.1, -0.05) is 30.1 Å². The average Bonchev–Trinajstić information content (AvgIpc) is 2.87. The van der Waals surface area contributed by atoms with Crippen LogP contribution in [-0.4, -0.2) is 62.6 Å². The van der Waals surface area contributed by atoms with Crippen molar-refractivity contribution >= 4 is 50.7 Å². The largest absolute Gasteiger partial charge is 0.465 e. The number of amides is 2. The number of nitrogens with zero attached hydrogens (tertiary/aromatic N) is 2. The Morgan fingerprint density at radius 1 is 1.10 bits per heavy atom. The Bertz CT molecular complexity index is 1360. The molecule has 0 saturated carbocycles. The minimum atomic E-state index is -4.87. The molecule has 0 spiro atoms. The highest BCUT2D eigenvalue weighted by molar-refractivity contribution is 7.91. The molecule has 1 aliphatic rings. The number of nitrogens with one attached hydrogen (secondary N) is 1. The highest BCUT2D eigenvalue weighted by Crippen LogP contribution is 2.39. The predicted molar refractivity (Wildman–Crippen MR) is 142 cm³/mol. The number of carboxylic acid groups (broad SMARTS) is 1. The van der Waals surface area contributed by atoms with Gasteiger partial charge in [0.15, 0.2) is 16.5 Å². The lowest BCUT2D eigenvalue weighted by Crippen LogP contribution is -2.56. The lowest BCUT2D eigenvalue weighted by atomic mass is 9.99. The second-order valence-electron chi connectivity index (χ2n) is 9.51. The van der Waals surface area contributed by atoms with E-state index in [-0.39, 0.29) is 49.6 Å². The highest BCUT2D eigenvalue weighted by atomic mass is 35.5. The molecule has 3 rings (SSSR count). The molecule has 1 aliphatic heterocycles. The van der Waals surface area contributed by atoms with Crippen molar-refractivity contribution in [1.82, 2.24) is 5.32 Å². The fourth-order valence-corrected chi connectivity index (χ4v) is 6.32. The number of halogens is 5. The first-order valence-corrected chi connectivity index (χ1v) is 14.5. The Morgan fingerprint density at radius 3 is 2.31 bits per heavy atom. The van der Waals surface area contributed by atoms with E-state index in [1.807, 2.05) is 0 Å². The first-order chi connectivity index (χ1) is 18.1. The molecule has 1 saturated heterocycles. The Kier molecular flexibility index (Phi) is 9.47. The molecule has 0 aliphatic carbocycles. The monoisotopic (exact) mass is 610 g/mol. The molecule has 0 bridgehead atoms. The number of carbonyl (C=O) groups is 2. The number of alkyl halides is 3. The van der Waals surface area contributed by atoms with E-state index < -0.39 is 39.1 Å². The average molecular weight is 611 g/mol. The van der Waals surface area contributed by atoms with Crippen molar-refractivity contribution in [2.45, 2.75) is 43.8 Å². The summed E-state index contributed by atoms with van der Waals surface area (Å²) in [5.41, 5.74) is -1.83. The number of sulfone groups is 1. The first kappa shape index (κ1) is 31.0. The Hall–Kier alpha value is -2.54. The van der Waals surface area contributed by atoms with E-state index in [2.05, 4.69) is 5.32 Å². The van der Waals surface area contributed by atoms with E-state index in [1.54, 1.807) is 0 Å². The molecule has 39 heavy (non-hydrogen) atoms. The van der Waals surface area contributed by atoms with Crippen LogP contribution in [0, 0.1) is 0 Å². The van der Waals surface area contributed by atoms with Crippen molar-refractivity contribution < 1.29 is 40.8 Å². The van der Waals surface area contributed by atoms with Crippen LogP contribution in [0.3, 0.4) is 0 Å². The van der Waals surface area contributed by atoms with Gasteiger partial charge in [0.2, 0.25) is 0 Å². The summed E-state index contributed by atoms with van der Waals surface area (Å²) in [5, 5.41) is 11.2. The maximum atomic E-state index is 14.3. The van der Waals surface area contributed by atoms with Gasteiger partial charge < -0.3 is 14.5 Å². The van der Waals surface area contributed by atoms with Crippen LogP contribution in [0.4, 0.5) is 23.7 Å². The molecule has 214 valence electrons. The fraction of sp³-hybridized carbons (Fsp3) is 0.440. The van der Waals surface area contributed by atoms with Crippen LogP contribution in [0.5, 0.6) is 0 Å². The van der Waals surface area contributed by atoms with Gasteiger partial charge in [0.05, 0.1) is 40.0 Å². The summed E-state index contributed by atoms with van der Waals surface area (Å²) in [6.45, 7) is 2.07. The maximum absolute atomic E-state index is 14.3. The normalized spacial score (nSPS) is 15.6. The van der Waals surface area contributed by atoms with Crippen molar-refractivity contribution in [3.63, 3.8) is 0 Å². The summed E-state index contributed by atoms with van der Waals surface area (Å²) in [5.74, 6) is -1.18. The third-order valence-electron chi connectivity index (χ3n) is 6.87. The van der Waals surface area contributed by atoms with Gasteiger partial charge in [-0.2, -0.15) is 13.2 Å². The third-order valence-corrected chi connectivity index (χ3v) is 9.22. The van der Waals surface area contributed by atoms with Crippen molar-refractivity contribution in [1.29, 1.82) is 0 Å². The number of likely N-dealkylation sites (tertiary alicyclic amines) is 1. The third kappa shape index (κ3) is 7.16. The Morgan fingerprint density at radius 2 is 1.74 bits per heavy atom. The summed E-state index contributed by atoms with van der Waals surface area (Å²) >= 11 is 12.4. The van der Waals surface area contributed by atoms with E-state index in [0.717, 1.165) is 17.4 Å². The zero-order chi connectivity index (χ0) is 29.2. The van der Waals surface area contributed by atoms with Gasteiger partial charge >= 0.3 is 12.3 Å². The molecule has 2 N–H and O–H groups in total. The summed E-state index contributed by atoms with van der Waals surface area (Å²) in [4.78, 5) is 25.3. The molecule has 2 amide bonds. The summed E-state index contributed by atoms with van der Waals surface area (Å²) in [6, 6.07) is 5.66. The number of hydrogen-bond donors (Lipinski definition) is 2. The van der Waals surface area contributed by atoms with E-state index in [9.17, 15) is 31.2 Å². The molecular formula is C25H29Cl2F3N3O5S+. The van der Waals surface area contributed by atoms with Gasteiger partial charge in [-0.25, -0.2) is 13.2 Å². The van der Waals surface area contributed by atoms with Crippen LogP contribution >= 0.6 is 23.2 Å². The van der Waals surface area contributed by atoms with Crippen LogP contribution in [0.1, 0.15) is 47.7 Å². The van der Waals surface area contributed by atoms with Crippen LogP contribution in [0.15, 0.2) is 35.2 Å². The van der Waals surface area contributed by atoms with Crippen molar-refractivity contribution in [2.24, 2.45) is 0 Å². The fourth-order valence-electron chi connectivity index (χ4n) is 4.77. The standard InChI is InChI=1S/C25H28Cl2F3N3O5S/c1-3-39(37,38)22-8-7-17(26)13-21(22)32(2)23(34)16-11-19(25(28,29)30)18(20(27)12-16)14-33(15-31-24(35)36)9-5-4-6-10-33/h7-8,11-13,31H,3-6,9-10,14-15H2,1-2H3/p+1. The van der Waals surface area contributed by atoms with Crippen LogP contribution in [0.25, 0.3) is 0 Å². The molecule has 1 heterocycles. The smallest absolute Gasteiger partial charge is 0.416 e. The van der Waals surface area contributed by atoms with Gasteiger partial charge in [-0.05, 0) is 49.6 Å². The zero-order valence-corrected chi connectivity index (χ0v) is 23.6. The van der Waals surface area contributed by atoms with Crippen LogP contribution in [-0.2, 0) is 22.6 Å². The first-order valence-electron chi connectivity index (χ1n) is 12.1. The number of hydrogen-bond acceptors (Lipinski definition) is 4. The quantitative estimate of drug-likeness (QED) is 0.367. The number of piperidine rings is 1.